The highest BCUT2D eigenvalue weighted by atomic mass is 16.5. The fourth-order valence-electron chi connectivity index (χ4n) is 4.71. The number of phenols is 1. The molecular formula is C33H52N2O4. The molecule has 2 aromatic rings. The first kappa shape index (κ1) is 32.3. The Hall–Kier alpha value is -2.89. The molecule has 2 amide bonds. The van der Waals surface area contributed by atoms with E-state index in [0.29, 0.717) is 36.9 Å². The van der Waals surface area contributed by atoms with E-state index in [0.717, 1.165) is 12.8 Å². The van der Waals surface area contributed by atoms with Gasteiger partial charge in [-0.15, -0.1) is 0 Å². The normalized spacial score (nSPS) is 10.9. The number of hydrogen-bond acceptors (Lipinski definition) is 4. The van der Waals surface area contributed by atoms with Gasteiger partial charge in [0.15, 0.2) is 0 Å². The van der Waals surface area contributed by atoms with Crippen LogP contribution in [0.4, 0.5) is 4.79 Å². The summed E-state index contributed by atoms with van der Waals surface area (Å²) in [5.41, 5.74) is 5.58. The van der Waals surface area contributed by atoms with Gasteiger partial charge in [-0.3, -0.25) is 0 Å². The standard InChI is InChI=1S/C33H52N2O4/c1-2-3-4-5-6-7-8-9-10-11-12-13-14-15-16-17-26-35(33(34)37)27-28-38-30-22-24-32(25-23-30)39-31-20-18-29(36)19-21-31/h18-25,36H,2-17,26-28H2,1H3,(H2,34,37). The van der Waals surface area contributed by atoms with Gasteiger partial charge in [-0.2, -0.15) is 0 Å². The number of rotatable bonds is 23. The van der Waals surface area contributed by atoms with Crippen molar-refractivity contribution < 1.29 is 19.4 Å². The number of carbonyl (C=O) groups is 1. The molecule has 3 N–H and O–H groups in total. The van der Waals surface area contributed by atoms with Gasteiger partial charge in [-0.05, 0) is 55.0 Å². The molecule has 0 saturated carbocycles. The number of primary amides is 1. The summed E-state index contributed by atoms with van der Waals surface area (Å²) in [7, 11) is 0. The van der Waals surface area contributed by atoms with Crippen molar-refractivity contribution in [1.82, 2.24) is 4.90 Å². The Morgan fingerprint density at radius 3 is 1.51 bits per heavy atom. The molecule has 6 nitrogen and oxygen atoms in total. The molecule has 2 aromatic carbocycles. The number of benzene rings is 2. The number of phenolic OH excluding ortho intramolecular Hbond substituents is 1. The van der Waals surface area contributed by atoms with Crippen molar-refractivity contribution in [1.29, 1.82) is 0 Å². The SMILES string of the molecule is CCCCCCCCCCCCCCCCCCN(CCOc1ccc(Oc2ccc(O)cc2)cc1)C(N)=O. The highest BCUT2D eigenvalue weighted by molar-refractivity contribution is 5.71. The molecule has 0 aliphatic rings. The summed E-state index contributed by atoms with van der Waals surface area (Å²) < 4.78 is 11.6. The smallest absolute Gasteiger partial charge is 0.314 e. The van der Waals surface area contributed by atoms with E-state index in [2.05, 4.69) is 6.92 Å². The first-order valence-corrected chi connectivity index (χ1v) is 15.3. The molecule has 0 fully saturated rings. The number of unbranched alkanes of at least 4 members (excludes halogenated alkanes) is 15. The third kappa shape index (κ3) is 16.0. The molecule has 0 bridgehead atoms. The first-order chi connectivity index (χ1) is 19.1. The van der Waals surface area contributed by atoms with E-state index in [1.807, 2.05) is 24.3 Å². The monoisotopic (exact) mass is 540 g/mol. The van der Waals surface area contributed by atoms with Crippen molar-refractivity contribution in [2.24, 2.45) is 5.73 Å². The molecule has 0 aliphatic heterocycles. The van der Waals surface area contributed by atoms with Gasteiger partial charge in [0.1, 0.15) is 29.6 Å². The predicted octanol–water partition coefficient (Wildman–Crippen LogP) is 9.21. The van der Waals surface area contributed by atoms with Gasteiger partial charge in [0.2, 0.25) is 0 Å². The summed E-state index contributed by atoms with van der Waals surface area (Å²) in [6.45, 7) is 3.81. The van der Waals surface area contributed by atoms with Crippen molar-refractivity contribution in [3.8, 4) is 23.0 Å². The average molecular weight is 541 g/mol. The van der Waals surface area contributed by atoms with Crippen molar-refractivity contribution >= 4 is 6.03 Å². The van der Waals surface area contributed by atoms with Gasteiger partial charge in [0.25, 0.3) is 0 Å². The summed E-state index contributed by atoms with van der Waals surface area (Å²) >= 11 is 0. The molecule has 218 valence electrons. The largest absolute Gasteiger partial charge is 0.508 e. The number of amides is 2. The van der Waals surface area contributed by atoms with Crippen LogP contribution in [-0.2, 0) is 0 Å². The Balaban J connectivity index is 1.46. The van der Waals surface area contributed by atoms with Crippen LogP contribution in [0.15, 0.2) is 48.5 Å². The van der Waals surface area contributed by atoms with Gasteiger partial charge >= 0.3 is 6.03 Å². The fraction of sp³-hybridized carbons (Fsp3) is 0.606. The van der Waals surface area contributed by atoms with Crippen LogP contribution in [0.5, 0.6) is 23.0 Å². The minimum Gasteiger partial charge on any atom is -0.508 e. The molecule has 39 heavy (non-hydrogen) atoms. The van der Waals surface area contributed by atoms with Gasteiger partial charge in [0.05, 0.1) is 6.54 Å². The van der Waals surface area contributed by atoms with Crippen LogP contribution in [0.25, 0.3) is 0 Å². The van der Waals surface area contributed by atoms with Crippen LogP contribution in [0, 0.1) is 0 Å². The summed E-state index contributed by atoms with van der Waals surface area (Å²) in [5, 5.41) is 9.36. The maximum atomic E-state index is 11.8. The number of nitrogens with two attached hydrogens (primary N) is 1. The van der Waals surface area contributed by atoms with Gasteiger partial charge in [-0.25, -0.2) is 4.79 Å². The van der Waals surface area contributed by atoms with E-state index in [1.54, 1.807) is 29.2 Å². The van der Waals surface area contributed by atoms with E-state index in [-0.39, 0.29) is 5.75 Å². The molecule has 2 rings (SSSR count). The van der Waals surface area contributed by atoms with Crippen LogP contribution in [-0.4, -0.2) is 35.7 Å². The summed E-state index contributed by atoms with van der Waals surface area (Å²) in [6.07, 6.45) is 21.3. The molecule has 0 unspecified atom stereocenters. The lowest BCUT2D eigenvalue weighted by atomic mass is 10.0. The minimum absolute atomic E-state index is 0.200. The molecule has 0 aromatic heterocycles. The highest BCUT2D eigenvalue weighted by Gasteiger charge is 2.09. The van der Waals surface area contributed by atoms with Crippen LogP contribution in [0.3, 0.4) is 0 Å². The molecule has 6 heteroatoms. The van der Waals surface area contributed by atoms with Gasteiger partial charge in [0, 0.05) is 6.54 Å². The Morgan fingerprint density at radius 1 is 0.641 bits per heavy atom. The zero-order chi connectivity index (χ0) is 28.0. The van der Waals surface area contributed by atoms with E-state index in [4.69, 9.17) is 15.2 Å². The fourth-order valence-corrected chi connectivity index (χ4v) is 4.71. The number of aromatic hydroxyl groups is 1. The maximum Gasteiger partial charge on any atom is 0.314 e. The second kappa shape index (κ2) is 21.0. The Labute approximate surface area is 236 Å². The van der Waals surface area contributed by atoms with Crippen molar-refractivity contribution in [2.75, 3.05) is 19.7 Å². The third-order valence-corrected chi connectivity index (χ3v) is 7.12. The van der Waals surface area contributed by atoms with Crippen molar-refractivity contribution in [3.63, 3.8) is 0 Å². The Bertz CT molecular complexity index is 870. The molecule has 0 saturated heterocycles. The number of urea groups is 1. The van der Waals surface area contributed by atoms with Gasteiger partial charge in [-0.1, -0.05) is 103 Å². The van der Waals surface area contributed by atoms with Gasteiger partial charge < -0.3 is 25.2 Å². The quantitative estimate of drug-likeness (QED) is 0.138. The lowest BCUT2D eigenvalue weighted by Crippen LogP contribution is -2.39. The summed E-state index contributed by atoms with van der Waals surface area (Å²) in [4.78, 5) is 13.5. The number of carbonyl (C=O) groups excluding carboxylic acids is 1. The lowest BCUT2D eigenvalue weighted by Gasteiger charge is -2.20. The third-order valence-electron chi connectivity index (χ3n) is 7.12. The molecule has 0 radical (unpaired) electrons. The second-order valence-electron chi connectivity index (χ2n) is 10.5. The van der Waals surface area contributed by atoms with Crippen LogP contribution < -0.4 is 15.2 Å². The zero-order valence-corrected chi connectivity index (χ0v) is 24.3. The average Bonchev–Trinajstić information content (AvgIpc) is 2.93. The molecular weight excluding hydrogens is 488 g/mol. The predicted molar refractivity (Wildman–Crippen MR) is 161 cm³/mol. The van der Waals surface area contributed by atoms with E-state index < -0.39 is 6.03 Å². The number of nitrogens with zero attached hydrogens (tertiary/aromatic N) is 1. The molecule has 0 spiro atoms. The van der Waals surface area contributed by atoms with E-state index in [1.165, 1.54) is 89.9 Å². The summed E-state index contributed by atoms with van der Waals surface area (Å²) in [5.74, 6) is 2.23. The first-order valence-electron chi connectivity index (χ1n) is 15.3. The topological polar surface area (TPSA) is 85.0 Å². The molecule has 0 aliphatic carbocycles. The number of ether oxygens (including phenoxy) is 2. The van der Waals surface area contributed by atoms with Crippen LogP contribution in [0.1, 0.15) is 110 Å². The molecule has 0 atom stereocenters. The summed E-state index contributed by atoms with van der Waals surface area (Å²) in [6, 6.07) is 13.5. The van der Waals surface area contributed by atoms with Crippen LogP contribution in [0.2, 0.25) is 0 Å². The van der Waals surface area contributed by atoms with Crippen molar-refractivity contribution in [3.05, 3.63) is 48.5 Å². The second-order valence-corrected chi connectivity index (χ2v) is 10.5. The number of hydrogen-bond donors (Lipinski definition) is 2. The Kier molecular flexibility index (Phi) is 17.4. The minimum atomic E-state index is -0.391. The molecule has 0 heterocycles. The van der Waals surface area contributed by atoms with E-state index >= 15 is 0 Å². The van der Waals surface area contributed by atoms with Crippen molar-refractivity contribution in [2.45, 2.75) is 110 Å². The maximum absolute atomic E-state index is 11.8. The zero-order valence-electron chi connectivity index (χ0n) is 24.3. The van der Waals surface area contributed by atoms with Crippen LogP contribution >= 0.6 is 0 Å². The van der Waals surface area contributed by atoms with E-state index in [9.17, 15) is 9.90 Å². The highest BCUT2D eigenvalue weighted by Crippen LogP contribution is 2.25. The lowest BCUT2D eigenvalue weighted by molar-refractivity contribution is 0.189. The Morgan fingerprint density at radius 2 is 1.05 bits per heavy atom.